The SMILES string of the molecule is COC1CCCC(c2nc(C(F)(F)F)nn2-c2ccc(S(N)(=O)=O)cc2)C1. The second-order valence-electron chi connectivity index (χ2n) is 6.46. The van der Waals surface area contributed by atoms with Gasteiger partial charge in [-0.15, -0.1) is 5.10 Å². The lowest BCUT2D eigenvalue weighted by Crippen LogP contribution is -2.22. The number of hydrogen-bond donors (Lipinski definition) is 1. The molecule has 1 aliphatic carbocycles. The summed E-state index contributed by atoms with van der Waals surface area (Å²) in [5.41, 5.74) is 0.278. The van der Waals surface area contributed by atoms with Crippen LogP contribution < -0.4 is 5.14 Å². The zero-order valence-electron chi connectivity index (χ0n) is 14.5. The number of halogens is 3. The second-order valence-corrected chi connectivity index (χ2v) is 8.02. The number of methoxy groups -OCH3 is 1. The molecule has 0 bridgehead atoms. The fourth-order valence-electron chi connectivity index (χ4n) is 3.27. The second kappa shape index (κ2) is 7.21. The standard InChI is InChI=1S/C16H19F3N4O3S/c1-26-12-4-2-3-10(9-12)14-21-15(16(17,18)19)22-23(14)11-5-7-13(8-6-11)27(20,24)25/h5-8,10,12H,2-4,9H2,1H3,(H2,20,24,25). The lowest BCUT2D eigenvalue weighted by atomic mass is 9.86. The Morgan fingerprint density at radius 3 is 2.44 bits per heavy atom. The van der Waals surface area contributed by atoms with Crippen LogP contribution in [-0.4, -0.2) is 36.4 Å². The molecule has 0 saturated heterocycles. The van der Waals surface area contributed by atoms with Crippen LogP contribution in [0.5, 0.6) is 0 Å². The van der Waals surface area contributed by atoms with E-state index >= 15 is 0 Å². The maximum absolute atomic E-state index is 13.2. The smallest absolute Gasteiger partial charge is 0.381 e. The van der Waals surface area contributed by atoms with Gasteiger partial charge >= 0.3 is 6.18 Å². The molecule has 1 saturated carbocycles. The van der Waals surface area contributed by atoms with Gasteiger partial charge in [0.15, 0.2) is 0 Å². The summed E-state index contributed by atoms with van der Waals surface area (Å²) < 4.78 is 68.7. The average Bonchev–Trinajstić information content (AvgIpc) is 3.07. The minimum absolute atomic E-state index is 0.0482. The highest BCUT2D eigenvalue weighted by molar-refractivity contribution is 7.89. The number of benzene rings is 1. The first-order chi connectivity index (χ1) is 12.6. The maximum atomic E-state index is 13.2. The molecule has 0 aliphatic heterocycles. The van der Waals surface area contributed by atoms with E-state index in [2.05, 4.69) is 10.1 Å². The number of primary sulfonamides is 1. The third-order valence-electron chi connectivity index (χ3n) is 4.62. The summed E-state index contributed by atoms with van der Waals surface area (Å²) in [5, 5.41) is 8.69. The van der Waals surface area contributed by atoms with Gasteiger partial charge in [-0.25, -0.2) is 23.2 Å². The van der Waals surface area contributed by atoms with Crippen molar-refractivity contribution >= 4 is 10.0 Å². The highest BCUT2D eigenvalue weighted by atomic mass is 32.2. The van der Waals surface area contributed by atoms with Crippen LogP contribution in [0.2, 0.25) is 0 Å². The Balaban J connectivity index is 2.04. The molecule has 0 amide bonds. The Morgan fingerprint density at radius 2 is 1.89 bits per heavy atom. The monoisotopic (exact) mass is 404 g/mol. The van der Waals surface area contributed by atoms with Gasteiger partial charge in [-0.3, -0.25) is 0 Å². The van der Waals surface area contributed by atoms with Gasteiger partial charge in [0, 0.05) is 13.0 Å². The average molecular weight is 404 g/mol. The number of alkyl halides is 3. The molecule has 1 aliphatic rings. The molecule has 2 aromatic rings. The summed E-state index contributed by atoms with van der Waals surface area (Å²) in [4.78, 5) is 3.61. The van der Waals surface area contributed by atoms with Gasteiger partial charge in [-0.1, -0.05) is 6.42 Å². The summed E-state index contributed by atoms with van der Waals surface area (Å²) >= 11 is 0. The van der Waals surface area contributed by atoms with E-state index in [1.165, 1.54) is 24.3 Å². The van der Waals surface area contributed by atoms with Crippen LogP contribution in [0.4, 0.5) is 13.2 Å². The molecule has 27 heavy (non-hydrogen) atoms. The van der Waals surface area contributed by atoms with Gasteiger partial charge < -0.3 is 4.74 Å². The molecule has 7 nitrogen and oxygen atoms in total. The highest BCUT2D eigenvalue weighted by Crippen LogP contribution is 2.36. The van der Waals surface area contributed by atoms with E-state index in [0.717, 1.165) is 17.5 Å². The fourth-order valence-corrected chi connectivity index (χ4v) is 3.78. The third-order valence-corrected chi connectivity index (χ3v) is 5.55. The van der Waals surface area contributed by atoms with Crippen molar-refractivity contribution in [2.45, 2.75) is 48.8 Å². The lowest BCUT2D eigenvalue weighted by Gasteiger charge is -2.27. The molecule has 11 heteroatoms. The third kappa shape index (κ3) is 4.30. The summed E-state index contributed by atoms with van der Waals surface area (Å²) in [5.74, 6) is -1.29. The van der Waals surface area contributed by atoms with Gasteiger partial charge in [-0.2, -0.15) is 13.2 Å². The van der Waals surface area contributed by atoms with Crippen LogP contribution >= 0.6 is 0 Å². The molecule has 1 aromatic carbocycles. The summed E-state index contributed by atoms with van der Waals surface area (Å²) in [6.45, 7) is 0. The first-order valence-corrected chi connectivity index (χ1v) is 9.84. The van der Waals surface area contributed by atoms with Gasteiger partial charge in [0.25, 0.3) is 5.82 Å². The van der Waals surface area contributed by atoms with Crippen molar-refractivity contribution in [3.8, 4) is 5.69 Å². The van der Waals surface area contributed by atoms with E-state index in [1.54, 1.807) is 7.11 Å². The molecule has 2 unspecified atom stereocenters. The number of sulfonamides is 1. The van der Waals surface area contributed by atoms with Crippen molar-refractivity contribution in [2.24, 2.45) is 5.14 Å². The fraction of sp³-hybridized carbons (Fsp3) is 0.500. The summed E-state index contributed by atoms with van der Waals surface area (Å²) in [7, 11) is -2.33. The van der Waals surface area contributed by atoms with Crippen LogP contribution in [0, 0.1) is 0 Å². The van der Waals surface area contributed by atoms with E-state index in [4.69, 9.17) is 9.88 Å². The lowest BCUT2D eigenvalue weighted by molar-refractivity contribution is -0.144. The summed E-state index contributed by atoms with van der Waals surface area (Å²) in [6.07, 6.45) is -1.87. The zero-order valence-corrected chi connectivity index (χ0v) is 15.3. The molecule has 148 valence electrons. The van der Waals surface area contributed by atoms with Gasteiger partial charge in [0.2, 0.25) is 10.0 Å². The molecule has 0 spiro atoms. The number of ether oxygens (including phenoxy) is 1. The van der Waals surface area contributed by atoms with Gasteiger partial charge in [0.1, 0.15) is 5.82 Å². The van der Waals surface area contributed by atoms with Crippen molar-refractivity contribution < 1.29 is 26.3 Å². The number of rotatable bonds is 4. The van der Waals surface area contributed by atoms with Crippen molar-refractivity contribution in [3.05, 3.63) is 35.9 Å². The molecule has 2 N–H and O–H groups in total. The molecule has 3 rings (SSSR count). The predicted octanol–water partition coefficient (Wildman–Crippen LogP) is 2.61. The van der Waals surface area contributed by atoms with Crippen LogP contribution in [0.15, 0.2) is 29.2 Å². The minimum Gasteiger partial charge on any atom is -0.381 e. The number of nitrogens with two attached hydrogens (primary N) is 1. The molecule has 1 heterocycles. The van der Waals surface area contributed by atoms with E-state index in [0.29, 0.717) is 12.8 Å². The van der Waals surface area contributed by atoms with Crippen molar-refractivity contribution in [1.82, 2.24) is 14.8 Å². The van der Waals surface area contributed by atoms with Crippen LogP contribution in [0.1, 0.15) is 43.3 Å². The Hall–Kier alpha value is -1.98. The first-order valence-electron chi connectivity index (χ1n) is 8.30. The van der Waals surface area contributed by atoms with Crippen LogP contribution in [0.3, 0.4) is 0 Å². The normalized spacial score (nSPS) is 21.4. The van der Waals surface area contributed by atoms with Crippen molar-refractivity contribution in [3.63, 3.8) is 0 Å². The van der Waals surface area contributed by atoms with Crippen LogP contribution in [-0.2, 0) is 20.9 Å². The first kappa shape index (κ1) is 19.8. The highest BCUT2D eigenvalue weighted by Gasteiger charge is 2.39. The molecule has 1 aromatic heterocycles. The molecular weight excluding hydrogens is 385 g/mol. The predicted molar refractivity (Wildman–Crippen MR) is 89.7 cm³/mol. The summed E-state index contributed by atoms with van der Waals surface area (Å²) in [6, 6.07) is 5.16. The number of hydrogen-bond acceptors (Lipinski definition) is 5. The van der Waals surface area contributed by atoms with Crippen molar-refractivity contribution in [1.29, 1.82) is 0 Å². The Labute approximate surface area is 154 Å². The molecule has 2 atom stereocenters. The molecule has 0 radical (unpaired) electrons. The quantitative estimate of drug-likeness (QED) is 0.844. The number of nitrogens with zero attached hydrogens (tertiary/aromatic N) is 3. The number of aromatic nitrogens is 3. The molecular formula is C16H19F3N4O3S. The van der Waals surface area contributed by atoms with E-state index in [-0.39, 0.29) is 28.4 Å². The van der Waals surface area contributed by atoms with E-state index in [1.807, 2.05) is 0 Å². The van der Waals surface area contributed by atoms with Gasteiger partial charge in [-0.05, 0) is 43.5 Å². The van der Waals surface area contributed by atoms with E-state index in [9.17, 15) is 21.6 Å². The van der Waals surface area contributed by atoms with Crippen LogP contribution in [0.25, 0.3) is 5.69 Å². The topological polar surface area (TPSA) is 100 Å². The van der Waals surface area contributed by atoms with Crippen molar-refractivity contribution in [2.75, 3.05) is 7.11 Å². The van der Waals surface area contributed by atoms with E-state index < -0.39 is 22.0 Å². The Morgan fingerprint density at radius 1 is 1.22 bits per heavy atom. The van der Waals surface area contributed by atoms with Gasteiger partial charge in [0.05, 0.1) is 16.7 Å². The largest absolute Gasteiger partial charge is 0.453 e. The molecule has 1 fully saturated rings. The Bertz CT molecular complexity index is 910. The minimum atomic E-state index is -4.68. The maximum Gasteiger partial charge on any atom is 0.453 e. The Kier molecular flexibility index (Phi) is 5.28. The zero-order chi connectivity index (χ0) is 19.8.